The van der Waals surface area contributed by atoms with E-state index in [-0.39, 0.29) is 29.6 Å². The zero-order valence-electron chi connectivity index (χ0n) is 25.9. The van der Waals surface area contributed by atoms with Gasteiger partial charge in [-0.05, 0) is 36.9 Å². The van der Waals surface area contributed by atoms with Crippen LogP contribution in [0, 0.1) is 23.0 Å². The van der Waals surface area contributed by atoms with Crippen LogP contribution in [0.1, 0.15) is 38.7 Å². The normalized spacial score (nSPS) is 18.4. The Bertz CT molecular complexity index is 1590. The number of aliphatic imine (C=N–C) groups is 1. The smallest absolute Gasteiger partial charge is 0.306 e. The number of carboxylic acid groups (broad SMARTS) is 1. The third kappa shape index (κ3) is 7.47. The van der Waals surface area contributed by atoms with Crippen molar-refractivity contribution in [1.82, 2.24) is 9.55 Å². The average Bonchev–Trinajstić information content (AvgIpc) is 3.33. The number of hydrogen-bond donors (Lipinski definition) is 2. The Labute approximate surface area is 256 Å². The standard InChI is InChI=1S/C32H40F2N4O5Si/c1-32(2)17-36-31(42-18-32)37-22-14-24(33)28(25(34)15-22)43-26-10-11-35-29-27(26)23(20-6-8-21(9-7-20)30(39)40)16-38(29)19-41-12-13-44(3,4)5/h6,10-11,14-16,21H,7-9,12-13,17-19H2,1-5H3,(H,36,37)(H,39,40). The molecule has 0 spiro atoms. The fourth-order valence-corrected chi connectivity index (χ4v) is 5.89. The summed E-state index contributed by atoms with van der Waals surface area (Å²) in [6, 6.07) is 5.05. The lowest BCUT2D eigenvalue weighted by Crippen LogP contribution is -2.33. The molecule has 1 atom stereocenters. The third-order valence-electron chi connectivity index (χ3n) is 7.76. The Morgan fingerprint density at radius 1 is 1.25 bits per heavy atom. The molecule has 1 aromatic carbocycles. The molecule has 0 radical (unpaired) electrons. The van der Waals surface area contributed by atoms with Gasteiger partial charge in [-0.2, -0.15) is 0 Å². The molecule has 5 rings (SSSR count). The molecule has 0 saturated heterocycles. The fourth-order valence-electron chi connectivity index (χ4n) is 5.14. The quantitative estimate of drug-likeness (QED) is 0.177. The number of anilines is 1. The predicted molar refractivity (Wildman–Crippen MR) is 169 cm³/mol. The fraction of sp³-hybridized carbons (Fsp3) is 0.469. The van der Waals surface area contributed by atoms with E-state index in [0.717, 1.165) is 29.3 Å². The van der Waals surface area contributed by atoms with Crippen molar-refractivity contribution >= 4 is 42.4 Å². The third-order valence-corrected chi connectivity index (χ3v) is 9.47. The molecule has 1 unspecified atom stereocenters. The van der Waals surface area contributed by atoms with E-state index in [1.165, 1.54) is 6.20 Å². The number of nitrogens with one attached hydrogen (secondary N) is 1. The molecule has 44 heavy (non-hydrogen) atoms. The maximum atomic E-state index is 15.4. The van der Waals surface area contributed by atoms with Gasteiger partial charge in [0.15, 0.2) is 17.4 Å². The van der Waals surface area contributed by atoms with Gasteiger partial charge >= 0.3 is 5.97 Å². The SMILES string of the molecule is CC1(C)CN=C(Nc2cc(F)c(Oc3ccnc4c3c(C3=CCC(C(=O)O)CC3)cn4COCC[Si](C)(C)C)c(F)c2)OC1. The maximum Gasteiger partial charge on any atom is 0.306 e. The number of ether oxygens (including phenoxy) is 3. The van der Waals surface area contributed by atoms with Crippen LogP contribution in [0.3, 0.4) is 0 Å². The number of carbonyl (C=O) groups is 1. The lowest BCUT2D eigenvalue weighted by Gasteiger charge is -2.28. The first kappa shape index (κ1) is 31.6. The summed E-state index contributed by atoms with van der Waals surface area (Å²) in [5.41, 5.74) is 2.28. The minimum atomic E-state index is -1.29. The molecule has 9 nitrogen and oxygen atoms in total. The molecule has 2 aliphatic rings. The van der Waals surface area contributed by atoms with E-state index >= 15 is 8.78 Å². The van der Waals surface area contributed by atoms with Gasteiger partial charge in [0.1, 0.15) is 18.1 Å². The van der Waals surface area contributed by atoms with Crippen molar-refractivity contribution in [3.8, 4) is 11.5 Å². The first-order chi connectivity index (χ1) is 20.8. The lowest BCUT2D eigenvalue weighted by molar-refractivity contribution is -0.141. The van der Waals surface area contributed by atoms with E-state index < -0.39 is 37.3 Å². The molecular formula is C32H40F2N4O5Si. The summed E-state index contributed by atoms with van der Waals surface area (Å²) in [6.45, 7) is 12.7. The summed E-state index contributed by atoms with van der Waals surface area (Å²) in [4.78, 5) is 20.4. The van der Waals surface area contributed by atoms with Gasteiger partial charge in [0.05, 0.1) is 24.5 Å². The highest BCUT2D eigenvalue weighted by atomic mass is 28.3. The highest BCUT2D eigenvalue weighted by Crippen LogP contribution is 2.41. The molecule has 0 saturated carbocycles. The van der Waals surface area contributed by atoms with E-state index in [2.05, 4.69) is 34.9 Å². The van der Waals surface area contributed by atoms with E-state index in [0.29, 0.717) is 50.1 Å². The topological polar surface area (TPSA) is 107 Å². The van der Waals surface area contributed by atoms with Crippen molar-refractivity contribution in [3.63, 3.8) is 0 Å². The number of aliphatic carboxylic acids is 1. The Balaban J connectivity index is 1.46. The molecule has 12 heteroatoms. The van der Waals surface area contributed by atoms with Crippen molar-refractivity contribution in [2.45, 2.75) is 65.5 Å². The first-order valence-electron chi connectivity index (χ1n) is 14.9. The van der Waals surface area contributed by atoms with Gasteiger partial charge in [-0.1, -0.05) is 39.6 Å². The Morgan fingerprint density at radius 2 is 2.00 bits per heavy atom. The minimum absolute atomic E-state index is 0.112. The van der Waals surface area contributed by atoms with Crippen LogP contribution < -0.4 is 10.1 Å². The number of aromatic nitrogens is 2. The largest absolute Gasteiger partial charge is 0.481 e. The van der Waals surface area contributed by atoms with E-state index in [1.54, 1.807) is 6.07 Å². The number of allylic oxidation sites excluding steroid dienone is 2. The van der Waals surface area contributed by atoms with Gasteiger partial charge in [0.25, 0.3) is 6.02 Å². The van der Waals surface area contributed by atoms with Crippen LogP contribution in [0.2, 0.25) is 25.7 Å². The van der Waals surface area contributed by atoms with Crippen LogP contribution in [0.5, 0.6) is 11.5 Å². The van der Waals surface area contributed by atoms with E-state index in [1.807, 2.05) is 30.7 Å². The molecule has 0 bridgehead atoms. The molecule has 0 amide bonds. The van der Waals surface area contributed by atoms with Crippen LogP contribution in [-0.2, 0) is 21.0 Å². The molecular weight excluding hydrogens is 586 g/mol. The summed E-state index contributed by atoms with van der Waals surface area (Å²) in [6.07, 6.45) is 6.77. The summed E-state index contributed by atoms with van der Waals surface area (Å²) >= 11 is 0. The Hall–Kier alpha value is -3.77. The van der Waals surface area contributed by atoms with Crippen LogP contribution >= 0.6 is 0 Å². The van der Waals surface area contributed by atoms with Crippen molar-refractivity contribution in [2.75, 3.05) is 25.1 Å². The van der Waals surface area contributed by atoms with Crippen LogP contribution in [0.15, 0.2) is 41.7 Å². The maximum absolute atomic E-state index is 15.4. The monoisotopic (exact) mass is 626 g/mol. The summed E-state index contributed by atoms with van der Waals surface area (Å²) in [5, 5.41) is 12.9. The molecule has 0 fully saturated rings. The number of pyridine rings is 1. The second-order valence-corrected chi connectivity index (χ2v) is 19.1. The van der Waals surface area contributed by atoms with Gasteiger partial charge in [-0.25, -0.2) is 18.8 Å². The number of fused-ring (bicyclic) bond motifs is 1. The predicted octanol–water partition coefficient (Wildman–Crippen LogP) is 7.51. The van der Waals surface area contributed by atoms with Crippen molar-refractivity contribution in [2.24, 2.45) is 16.3 Å². The summed E-state index contributed by atoms with van der Waals surface area (Å²) in [5.74, 6) is -3.38. The van der Waals surface area contributed by atoms with Gasteiger partial charge in [0.2, 0.25) is 0 Å². The zero-order valence-corrected chi connectivity index (χ0v) is 26.9. The van der Waals surface area contributed by atoms with Gasteiger partial charge in [-0.3, -0.25) is 4.79 Å². The van der Waals surface area contributed by atoms with Crippen molar-refractivity contribution in [3.05, 3.63) is 53.9 Å². The number of rotatable bonds is 10. The van der Waals surface area contributed by atoms with Crippen LogP contribution in [-0.4, -0.2) is 54.5 Å². The second kappa shape index (κ2) is 12.7. The lowest BCUT2D eigenvalue weighted by atomic mass is 9.86. The highest BCUT2D eigenvalue weighted by Gasteiger charge is 2.27. The van der Waals surface area contributed by atoms with Gasteiger partial charge in [0, 0.05) is 55.9 Å². The van der Waals surface area contributed by atoms with Gasteiger partial charge < -0.3 is 29.2 Å². The van der Waals surface area contributed by atoms with Crippen LogP contribution in [0.25, 0.3) is 16.6 Å². The number of halogens is 2. The van der Waals surface area contributed by atoms with Crippen molar-refractivity contribution in [1.29, 1.82) is 0 Å². The molecule has 3 heterocycles. The molecule has 236 valence electrons. The molecule has 1 aliphatic heterocycles. The van der Waals surface area contributed by atoms with E-state index in [9.17, 15) is 9.90 Å². The van der Waals surface area contributed by atoms with Gasteiger partial charge in [-0.15, -0.1) is 0 Å². The molecule has 2 aromatic heterocycles. The zero-order chi connectivity index (χ0) is 31.6. The molecule has 1 aliphatic carbocycles. The number of carboxylic acids is 1. The average molecular weight is 627 g/mol. The summed E-state index contributed by atoms with van der Waals surface area (Å²) < 4.78 is 50.2. The summed E-state index contributed by atoms with van der Waals surface area (Å²) in [7, 11) is -1.29. The van der Waals surface area contributed by atoms with Crippen molar-refractivity contribution < 1.29 is 32.9 Å². The Kier molecular flexibility index (Phi) is 9.12. The molecule has 2 N–H and O–H groups in total. The first-order valence-corrected chi connectivity index (χ1v) is 18.6. The number of amidine groups is 1. The number of nitrogens with zero attached hydrogens (tertiary/aromatic N) is 3. The minimum Gasteiger partial charge on any atom is -0.481 e. The number of benzene rings is 1. The Morgan fingerprint density at radius 3 is 2.61 bits per heavy atom. The van der Waals surface area contributed by atoms with E-state index in [4.69, 9.17) is 14.2 Å². The number of hydrogen-bond acceptors (Lipinski definition) is 7. The second-order valence-electron chi connectivity index (χ2n) is 13.5. The highest BCUT2D eigenvalue weighted by molar-refractivity contribution is 6.76. The van der Waals surface area contributed by atoms with Crippen LogP contribution in [0.4, 0.5) is 14.5 Å². The molecule has 3 aromatic rings.